The molecule has 3 rings (SSSR count). The van der Waals surface area contributed by atoms with Crippen molar-refractivity contribution in [3.8, 4) is 11.5 Å². The number of amides is 2. The van der Waals surface area contributed by atoms with Crippen molar-refractivity contribution in [1.29, 1.82) is 0 Å². The molecule has 0 fully saturated rings. The zero-order valence-electron chi connectivity index (χ0n) is 15.7. The molecule has 0 saturated heterocycles. The lowest BCUT2D eigenvalue weighted by molar-refractivity contribution is -0.167. The van der Waals surface area contributed by atoms with Crippen LogP contribution in [0.5, 0.6) is 11.5 Å². The van der Waals surface area contributed by atoms with Gasteiger partial charge in [0.2, 0.25) is 0 Å². The van der Waals surface area contributed by atoms with Crippen LogP contribution >= 0.6 is 0 Å². The number of rotatable bonds is 5. The number of carbonyl (C=O) groups excluding carboxylic acids is 2. The molecule has 0 saturated carbocycles. The van der Waals surface area contributed by atoms with E-state index in [0.717, 1.165) is 5.56 Å². The maximum Gasteiger partial charge on any atom is 0.471 e. The van der Waals surface area contributed by atoms with Crippen molar-refractivity contribution in [2.24, 2.45) is 0 Å². The average molecular weight is 408 g/mol. The van der Waals surface area contributed by atoms with Crippen molar-refractivity contribution in [2.75, 3.05) is 23.4 Å². The van der Waals surface area contributed by atoms with Gasteiger partial charge in [0.15, 0.2) is 6.10 Å². The van der Waals surface area contributed by atoms with Gasteiger partial charge in [-0.05, 0) is 49.7 Å². The molecule has 0 aliphatic carbocycles. The van der Waals surface area contributed by atoms with Crippen LogP contribution in [-0.4, -0.2) is 37.2 Å². The molecule has 0 bridgehead atoms. The molecule has 1 unspecified atom stereocenters. The van der Waals surface area contributed by atoms with E-state index < -0.39 is 18.2 Å². The molecule has 2 aromatic carbocycles. The fourth-order valence-corrected chi connectivity index (χ4v) is 2.88. The van der Waals surface area contributed by atoms with Crippen molar-refractivity contribution in [3.05, 3.63) is 48.0 Å². The predicted molar refractivity (Wildman–Crippen MR) is 100 cm³/mol. The summed E-state index contributed by atoms with van der Waals surface area (Å²) in [5.41, 5.74) is 1.19. The highest BCUT2D eigenvalue weighted by Gasteiger charge is 2.39. The molecule has 2 amide bonds. The lowest BCUT2D eigenvalue weighted by Crippen LogP contribution is -2.46. The van der Waals surface area contributed by atoms with Crippen LogP contribution in [0.15, 0.2) is 42.5 Å². The number of fused-ring (bicyclic) bond motifs is 1. The minimum absolute atomic E-state index is 0.0957. The summed E-state index contributed by atoms with van der Waals surface area (Å²) in [6.45, 7) is 3.83. The Kier molecular flexibility index (Phi) is 5.67. The number of nitrogens with one attached hydrogen (secondary N) is 1. The van der Waals surface area contributed by atoms with Gasteiger partial charge in [0, 0.05) is 5.69 Å². The van der Waals surface area contributed by atoms with Crippen LogP contribution in [0.25, 0.3) is 0 Å². The molecule has 1 atom stereocenters. The van der Waals surface area contributed by atoms with Gasteiger partial charge in [-0.1, -0.05) is 12.1 Å². The molecule has 0 aromatic heterocycles. The number of aryl methyl sites for hydroxylation is 1. The Morgan fingerprint density at radius 3 is 2.69 bits per heavy atom. The number of hydrogen-bond acceptors (Lipinski definition) is 4. The highest BCUT2D eigenvalue weighted by atomic mass is 19.4. The maximum atomic E-state index is 12.6. The number of alkyl halides is 3. The first kappa shape index (κ1) is 20.5. The van der Waals surface area contributed by atoms with Crippen molar-refractivity contribution in [3.63, 3.8) is 0 Å². The number of ether oxygens (including phenoxy) is 2. The van der Waals surface area contributed by atoms with Crippen molar-refractivity contribution in [1.82, 2.24) is 0 Å². The number of anilines is 2. The molecule has 1 N–H and O–H groups in total. The Labute approximate surface area is 165 Å². The number of nitrogens with zero attached hydrogens (tertiary/aromatic N) is 1. The number of benzene rings is 2. The highest BCUT2D eigenvalue weighted by Crippen LogP contribution is 2.36. The number of halogens is 3. The molecule has 2 aromatic rings. The van der Waals surface area contributed by atoms with Crippen LogP contribution in [0.1, 0.15) is 12.5 Å². The van der Waals surface area contributed by atoms with E-state index in [0.29, 0.717) is 11.5 Å². The van der Waals surface area contributed by atoms with Crippen LogP contribution in [0, 0.1) is 6.92 Å². The van der Waals surface area contributed by atoms with E-state index >= 15 is 0 Å². The van der Waals surface area contributed by atoms with Crippen LogP contribution in [0.3, 0.4) is 0 Å². The Bertz CT molecular complexity index is 930. The second-order valence-corrected chi connectivity index (χ2v) is 6.55. The van der Waals surface area contributed by atoms with Gasteiger partial charge >= 0.3 is 12.1 Å². The SMILES string of the molecule is Cc1cccc(OCCN2C(=O)C(C)Oc3ccc(NC(=O)C(F)(F)F)cc32)c1. The molecule has 29 heavy (non-hydrogen) atoms. The quantitative estimate of drug-likeness (QED) is 0.820. The van der Waals surface area contributed by atoms with Gasteiger partial charge < -0.3 is 19.7 Å². The summed E-state index contributed by atoms with van der Waals surface area (Å²) in [6, 6.07) is 11.4. The largest absolute Gasteiger partial charge is 0.492 e. The molecule has 9 heteroatoms. The fourth-order valence-electron chi connectivity index (χ4n) is 2.88. The van der Waals surface area contributed by atoms with Gasteiger partial charge in [-0.3, -0.25) is 9.59 Å². The highest BCUT2D eigenvalue weighted by molar-refractivity contribution is 6.01. The average Bonchev–Trinajstić information content (AvgIpc) is 2.64. The van der Waals surface area contributed by atoms with Gasteiger partial charge in [-0.2, -0.15) is 13.2 Å². The first-order chi connectivity index (χ1) is 13.6. The minimum atomic E-state index is -5.02. The summed E-state index contributed by atoms with van der Waals surface area (Å²) in [6.07, 6.45) is -5.77. The van der Waals surface area contributed by atoms with Gasteiger partial charge in [0.25, 0.3) is 5.91 Å². The monoisotopic (exact) mass is 408 g/mol. The van der Waals surface area contributed by atoms with Crippen molar-refractivity contribution >= 4 is 23.2 Å². The molecule has 1 aliphatic rings. The second kappa shape index (κ2) is 8.02. The zero-order chi connectivity index (χ0) is 21.2. The second-order valence-electron chi connectivity index (χ2n) is 6.55. The first-order valence-electron chi connectivity index (χ1n) is 8.85. The third kappa shape index (κ3) is 4.79. The summed E-state index contributed by atoms with van der Waals surface area (Å²) in [7, 11) is 0. The lowest BCUT2D eigenvalue weighted by atomic mass is 10.1. The van der Waals surface area contributed by atoms with Gasteiger partial charge in [0.05, 0.1) is 12.2 Å². The standard InChI is InChI=1S/C20H19F3N2O4/c1-12-4-3-5-15(10-12)28-9-8-25-16-11-14(24-19(27)20(21,22)23)6-7-17(16)29-13(2)18(25)26/h3-7,10-11,13H,8-9H2,1-2H3,(H,24,27). The third-order valence-electron chi connectivity index (χ3n) is 4.26. The number of hydrogen-bond donors (Lipinski definition) is 1. The molecular formula is C20H19F3N2O4. The Balaban J connectivity index is 1.77. The third-order valence-corrected chi connectivity index (χ3v) is 4.26. The van der Waals surface area contributed by atoms with Crippen LogP contribution < -0.4 is 19.7 Å². The minimum Gasteiger partial charge on any atom is -0.492 e. The van der Waals surface area contributed by atoms with Crippen molar-refractivity contribution in [2.45, 2.75) is 26.1 Å². The fraction of sp³-hybridized carbons (Fsp3) is 0.300. The topological polar surface area (TPSA) is 67.9 Å². The molecule has 6 nitrogen and oxygen atoms in total. The molecule has 0 radical (unpaired) electrons. The first-order valence-corrected chi connectivity index (χ1v) is 8.85. The molecule has 1 heterocycles. The Hall–Kier alpha value is -3.23. The van der Waals surface area contributed by atoms with Crippen LogP contribution in [-0.2, 0) is 9.59 Å². The maximum absolute atomic E-state index is 12.6. The lowest BCUT2D eigenvalue weighted by Gasteiger charge is -2.33. The summed E-state index contributed by atoms with van der Waals surface area (Å²) >= 11 is 0. The smallest absolute Gasteiger partial charge is 0.471 e. The Morgan fingerprint density at radius 2 is 2.00 bits per heavy atom. The van der Waals surface area contributed by atoms with E-state index in [9.17, 15) is 22.8 Å². The van der Waals surface area contributed by atoms with Gasteiger partial charge in [-0.15, -0.1) is 0 Å². The summed E-state index contributed by atoms with van der Waals surface area (Å²) in [5, 5.41) is 1.78. The van der Waals surface area contributed by atoms with E-state index in [1.165, 1.54) is 23.1 Å². The van der Waals surface area contributed by atoms with E-state index in [2.05, 4.69) is 0 Å². The van der Waals surface area contributed by atoms with E-state index in [-0.39, 0.29) is 30.4 Å². The molecule has 0 spiro atoms. The van der Waals surface area contributed by atoms with Gasteiger partial charge in [0.1, 0.15) is 18.1 Å². The number of carbonyl (C=O) groups is 2. The van der Waals surface area contributed by atoms with Crippen LogP contribution in [0.2, 0.25) is 0 Å². The van der Waals surface area contributed by atoms with E-state index in [4.69, 9.17) is 9.47 Å². The molecule has 1 aliphatic heterocycles. The summed E-state index contributed by atoms with van der Waals surface area (Å²) < 4.78 is 48.7. The van der Waals surface area contributed by atoms with Gasteiger partial charge in [-0.25, -0.2) is 0 Å². The van der Waals surface area contributed by atoms with Crippen LogP contribution in [0.4, 0.5) is 24.5 Å². The summed E-state index contributed by atoms with van der Waals surface area (Å²) in [5.74, 6) is -1.48. The molecule has 154 valence electrons. The Morgan fingerprint density at radius 1 is 1.24 bits per heavy atom. The van der Waals surface area contributed by atoms with E-state index in [1.807, 2.05) is 25.1 Å². The summed E-state index contributed by atoms with van der Waals surface area (Å²) in [4.78, 5) is 25.1. The van der Waals surface area contributed by atoms with Crippen molar-refractivity contribution < 1.29 is 32.2 Å². The molecular weight excluding hydrogens is 389 g/mol. The van der Waals surface area contributed by atoms with E-state index in [1.54, 1.807) is 18.3 Å². The normalized spacial score (nSPS) is 16.1. The predicted octanol–water partition coefficient (Wildman–Crippen LogP) is 3.69. The zero-order valence-corrected chi connectivity index (χ0v) is 15.7.